The molecule has 1 aliphatic heterocycles. The largest absolute Gasteiger partial charge is 0.432 e. The summed E-state index contributed by atoms with van der Waals surface area (Å²) < 4.78 is 41.8. The molecule has 1 aromatic rings. The topological polar surface area (TPSA) is 70.7 Å². The van der Waals surface area contributed by atoms with Crippen LogP contribution in [0.3, 0.4) is 0 Å². The molecule has 1 heterocycles. The van der Waals surface area contributed by atoms with Gasteiger partial charge in [-0.1, -0.05) is 0 Å². The third-order valence-electron chi connectivity index (χ3n) is 3.80. The molecule has 1 fully saturated rings. The van der Waals surface area contributed by atoms with Gasteiger partial charge in [-0.2, -0.15) is 8.78 Å². The minimum Gasteiger partial charge on any atom is -0.432 e. The maximum absolute atomic E-state index is 13.6. The molecule has 2 rings (SSSR count). The number of nitrogens with one attached hydrogen (secondary N) is 2. The van der Waals surface area contributed by atoms with E-state index in [1.165, 1.54) is 11.0 Å². The fourth-order valence-electron chi connectivity index (χ4n) is 2.52. The molecule has 9 heteroatoms. The summed E-state index contributed by atoms with van der Waals surface area (Å²) in [6.45, 7) is -2.32. The van der Waals surface area contributed by atoms with Crippen molar-refractivity contribution in [3.05, 3.63) is 24.0 Å². The van der Waals surface area contributed by atoms with Crippen LogP contribution in [-0.2, 0) is 4.79 Å². The van der Waals surface area contributed by atoms with Crippen LogP contribution in [0.15, 0.2) is 18.2 Å². The Morgan fingerprint density at radius 2 is 1.96 bits per heavy atom. The van der Waals surface area contributed by atoms with Gasteiger partial charge < -0.3 is 20.3 Å². The number of carbonyl (C=O) groups is 2. The number of piperidine rings is 1. The van der Waals surface area contributed by atoms with Gasteiger partial charge in [0.25, 0.3) is 0 Å². The Bertz CT molecular complexity index is 605. The Morgan fingerprint density at radius 3 is 2.50 bits per heavy atom. The summed E-state index contributed by atoms with van der Waals surface area (Å²) >= 11 is 0. The molecule has 2 N–H and O–H groups in total. The van der Waals surface area contributed by atoms with Gasteiger partial charge in [0.15, 0.2) is 11.6 Å². The van der Waals surface area contributed by atoms with Crippen molar-refractivity contribution in [2.75, 3.05) is 25.5 Å². The van der Waals surface area contributed by atoms with E-state index < -0.39 is 24.2 Å². The van der Waals surface area contributed by atoms with E-state index in [9.17, 15) is 22.8 Å². The first-order valence-electron chi connectivity index (χ1n) is 7.42. The number of nitrogens with zero attached hydrogens (tertiary/aromatic N) is 1. The Labute approximate surface area is 137 Å². The SMILES string of the molecule is CNC(=O)C1CCN(C(=O)Nc2ccc(OC(F)F)c(F)c2)CC1. The highest BCUT2D eigenvalue weighted by molar-refractivity contribution is 5.89. The molecule has 0 bridgehead atoms. The molecule has 0 atom stereocenters. The van der Waals surface area contributed by atoms with Crippen LogP contribution in [0.5, 0.6) is 5.75 Å². The highest BCUT2D eigenvalue weighted by atomic mass is 19.3. The van der Waals surface area contributed by atoms with Crippen molar-refractivity contribution in [1.82, 2.24) is 10.2 Å². The maximum Gasteiger partial charge on any atom is 0.387 e. The molecule has 0 unspecified atom stereocenters. The minimum atomic E-state index is -3.12. The molecule has 3 amide bonds. The molecule has 0 radical (unpaired) electrons. The second-order valence-corrected chi connectivity index (χ2v) is 5.33. The van der Waals surface area contributed by atoms with Gasteiger partial charge in [-0.25, -0.2) is 9.18 Å². The van der Waals surface area contributed by atoms with Crippen LogP contribution in [0.1, 0.15) is 12.8 Å². The fraction of sp³-hybridized carbons (Fsp3) is 0.467. The lowest BCUT2D eigenvalue weighted by Gasteiger charge is -2.31. The number of alkyl halides is 2. The average Bonchev–Trinajstić information content (AvgIpc) is 2.56. The van der Waals surface area contributed by atoms with Crippen molar-refractivity contribution in [2.24, 2.45) is 5.92 Å². The van der Waals surface area contributed by atoms with Crippen molar-refractivity contribution in [1.29, 1.82) is 0 Å². The molecule has 0 aromatic heterocycles. The van der Waals surface area contributed by atoms with E-state index in [2.05, 4.69) is 15.4 Å². The molecule has 0 aliphatic carbocycles. The highest BCUT2D eigenvalue weighted by Gasteiger charge is 2.26. The van der Waals surface area contributed by atoms with E-state index in [-0.39, 0.29) is 17.5 Å². The third kappa shape index (κ3) is 4.53. The zero-order valence-electron chi connectivity index (χ0n) is 13.0. The smallest absolute Gasteiger partial charge is 0.387 e. The number of carbonyl (C=O) groups excluding carboxylic acids is 2. The standard InChI is InChI=1S/C15H18F3N3O3/c1-19-13(22)9-4-6-21(7-5-9)15(23)20-10-2-3-12(11(16)8-10)24-14(17)18/h2-3,8-9,14H,4-7H2,1H3,(H,19,22)(H,20,23). The average molecular weight is 345 g/mol. The second kappa shape index (κ2) is 7.89. The summed E-state index contributed by atoms with van der Waals surface area (Å²) in [6.07, 6.45) is 1.09. The lowest BCUT2D eigenvalue weighted by Crippen LogP contribution is -2.44. The molecule has 0 spiro atoms. The van der Waals surface area contributed by atoms with Gasteiger partial charge in [0.2, 0.25) is 5.91 Å². The number of benzene rings is 1. The molecular formula is C15H18F3N3O3. The predicted molar refractivity (Wildman–Crippen MR) is 80.4 cm³/mol. The van der Waals surface area contributed by atoms with E-state index in [0.717, 1.165) is 12.1 Å². The number of hydrogen-bond acceptors (Lipinski definition) is 3. The van der Waals surface area contributed by atoms with E-state index in [0.29, 0.717) is 25.9 Å². The summed E-state index contributed by atoms with van der Waals surface area (Å²) in [7, 11) is 1.57. The van der Waals surface area contributed by atoms with E-state index in [4.69, 9.17) is 0 Å². The van der Waals surface area contributed by atoms with Gasteiger partial charge in [-0.05, 0) is 25.0 Å². The number of halogens is 3. The van der Waals surface area contributed by atoms with Crippen molar-refractivity contribution >= 4 is 17.6 Å². The molecule has 1 saturated heterocycles. The van der Waals surface area contributed by atoms with Gasteiger partial charge in [0.1, 0.15) is 0 Å². The first-order valence-corrected chi connectivity index (χ1v) is 7.42. The quantitative estimate of drug-likeness (QED) is 0.880. The first kappa shape index (κ1) is 17.9. The lowest BCUT2D eigenvalue weighted by molar-refractivity contribution is -0.125. The lowest BCUT2D eigenvalue weighted by atomic mass is 9.96. The third-order valence-corrected chi connectivity index (χ3v) is 3.80. The molecule has 24 heavy (non-hydrogen) atoms. The number of hydrogen-bond donors (Lipinski definition) is 2. The summed E-state index contributed by atoms with van der Waals surface area (Å²) in [6, 6.07) is 2.77. The van der Waals surface area contributed by atoms with Crippen molar-refractivity contribution in [3.8, 4) is 5.75 Å². The van der Waals surface area contributed by atoms with Gasteiger partial charge >= 0.3 is 12.6 Å². The van der Waals surface area contributed by atoms with Crippen LogP contribution in [0.4, 0.5) is 23.7 Å². The Kier molecular flexibility index (Phi) is 5.88. The van der Waals surface area contributed by atoms with Gasteiger partial charge in [0.05, 0.1) is 0 Å². The zero-order chi connectivity index (χ0) is 17.7. The highest BCUT2D eigenvalue weighted by Crippen LogP contribution is 2.24. The molecule has 132 valence electrons. The Balaban J connectivity index is 1.91. The number of rotatable bonds is 4. The first-order chi connectivity index (χ1) is 11.4. The summed E-state index contributed by atoms with van der Waals surface area (Å²) in [5, 5.41) is 5.07. The number of amides is 3. The summed E-state index contributed by atoms with van der Waals surface area (Å²) in [4.78, 5) is 25.2. The number of likely N-dealkylation sites (tertiary alicyclic amines) is 1. The van der Waals surface area contributed by atoms with E-state index in [1.807, 2.05) is 0 Å². The molecule has 0 saturated carbocycles. The molecular weight excluding hydrogens is 327 g/mol. The van der Waals surface area contributed by atoms with Crippen LogP contribution in [0.25, 0.3) is 0 Å². The number of urea groups is 1. The van der Waals surface area contributed by atoms with Gasteiger partial charge in [0, 0.05) is 37.8 Å². The van der Waals surface area contributed by atoms with Gasteiger partial charge in [-0.15, -0.1) is 0 Å². The number of anilines is 1. The van der Waals surface area contributed by atoms with Crippen LogP contribution < -0.4 is 15.4 Å². The van der Waals surface area contributed by atoms with Crippen LogP contribution in [0, 0.1) is 11.7 Å². The van der Waals surface area contributed by atoms with Crippen molar-refractivity contribution in [3.63, 3.8) is 0 Å². The maximum atomic E-state index is 13.6. The van der Waals surface area contributed by atoms with E-state index in [1.54, 1.807) is 7.05 Å². The molecule has 1 aliphatic rings. The van der Waals surface area contributed by atoms with Crippen molar-refractivity contribution in [2.45, 2.75) is 19.5 Å². The predicted octanol–water partition coefficient (Wildman–Crippen LogP) is 2.42. The van der Waals surface area contributed by atoms with Crippen molar-refractivity contribution < 1.29 is 27.5 Å². The normalized spacial score (nSPS) is 15.3. The fourth-order valence-corrected chi connectivity index (χ4v) is 2.52. The van der Waals surface area contributed by atoms with E-state index >= 15 is 0 Å². The molecule has 1 aromatic carbocycles. The minimum absolute atomic E-state index is 0.0493. The Hall–Kier alpha value is -2.45. The second-order valence-electron chi connectivity index (χ2n) is 5.33. The Morgan fingerprint density at radius 1 is 1.29 bits per heavy atom. The monoisotopic (exact) mass is 345 g/mol. The van der Waals surface area contributed by atoms with Crippen LogP contribution in [-0.4, -0.2) is 43.6 Å². The summed E-state index contributed by atoms with van der Waals surface area (Å²) in [5.74, 6) is -1.75. The van der Waals surface area contributed by atoms with Crippen LogP contribution >= 0.6 is 0 Å². The molecule has 6 nitrogen and oxygen atoms in total. The zero-order valence-corrected chi connectivity index (χ0v) is 13.0. The van der Waals surface area contributed by atoms with Crippen LogP contribution in [0.2, 0.25) is 0 Å². The number of ether oxygens (including phenoxy) is 1. The summed E-state index contributed by atoms with van der Waals surface area (Å²) in [5.41, 5.74) is 0.132. The van der Waals surface area contributed by atoms with Gasteiger partial charge in [-0.3, -0.25) is 4.79 Å².